The second-order valence-corrected chi connectivity index (χ2v) is 8.22. The maximum atomic E-state index is 12.7. The topological polar surface area (TPSA) is 146 Å². The average Bonchev–Trinajstić information content (AvgIpc) is 2.40. The Morgan fingerprint density at radius 3 is 2.05 bits per heavy atom. The fourth-order valence-electron chi connectivity index (χ4n) is 1.91. The molecule has 0 heterocycles. The molecule has 0 spiro atoms. The summed E-state index contributed by atoms with van der Waals surface area (Å²) in [5.41, 5.74) is 12.3. The van der Waals surface area contributed by atoms with Gasteiger partial charge in [-0.15, -0.1) is 0 Å². The molecule has 2 rings (SSSR count). The third-order valence-electron chi connectivity index (χ3n) is 3.12. The van der Waals surface area contributed by atoms with Crippen molar-refractivity contribution in [3.63, 3.8) is 0 Å². The van der Waals surface area contributed by atoms with E-state index in [0.717, 1.165) is 12.1 Å². The molecule has 0 aliphatic carbocycles. The van der Waals surface area contributed by atoms with Gasteiger partial charge in [0.2, 0.25) is 19.9 Å². The predicted molar refractivity (Wildman–Crippen MR) is 83.3 cm³/mol. The Labute approximate surface area is 128 Å². The lowest BCUT2D eigenvalue weighted by Gasteiger charge is -2.11. The summed E-state index contributed by atoms with van der Waals surface area (Å²) in [5, 5.41) is 5.09. The van der Waals surface area contributed by atoms with E-state index in [2.05, 4.69) is 0 Å². The van der Waals surface area contributed by atoms with Crippen LogP contribution < -0.4 is 16.6 Å². The largest absolute Gasteiger partial charge is 0.399 e. The van der Waals surface area contributed by atoms with Gasteiger partial charge in [0.15, 0.2) is 0 Å². The Morgan fingerprint density at radius 1 is 0.864 bits per heavy atom. The van der Waals surface area contributed by atoms with E-state index < -0.39 is 29.7 Å². The number of sulfonamides is 1. The fraction of sp³-hybridized carbons (Fsp3) is 0.0769. The van der Waals surface area contributed by atoms with Crippen molar-refractivity contribution in [3.05, 3.63) is 42.0 Å². The molecule has 0 unspecified atom stereocenters. The van der Waals surface area contributed by atoms with E-state index in [1.807, 2.05) is 0 Å². The average molecular weight is 341 g/mol. The van der Waals surface area contributed by atoms with Crippen LogP contribution in [0.3, 0.4) is 0 Å². The number of nitrogen functional groups attached to an aromatic ring is 2. The zero-order chi connectivity index (χ0) is 16.7. The minimum atomic E-state index is -4.25. The number of aryl methyl sites for hydroxylation is 1. The van der Waals surface area contributed by atoms with Crippen LogP contribution in [0.25, 0.3) is 0 Å². The van der Waals surface area contributed by atoms with Crippen LogP contribution in [-0.2, 0) is 19.9 Å². The second-order valence-electron chi connectivity index (χ2n) is 4.77. The van der Waals surface area contributed by atoms with Crippen molar-refractivity contribution in [3.8, 4) is 0 Å². The van der Waals surface area contributed by atoms with E-state index in [1.165, 1.54) is 24.3 Å². The van der Waals surface area contributed by atoms with Crippen molar-refractivity contribution in [1.82, 2.24) is 0 Å². The standard InChI is InChI=1S/C13H15N3O4S2/c1-8-6-10(3-4-11(8)15)21(17,18)12-5-2-9(14)7-13(12)22(16,19)20/h2-7H,14-15H2,1H3,(H2,16,19,20). The normalized spacial score (nSPS) is 12.3. The van der Waals surface area contributed by atoms with E-state index in [-0.39, 0.29) is 10.6 Å². The van der Waals surface area contributed by atoms with Gasteiger partial charge in [-0.25, -0.2) is 22.0 Å². The minimum absolute atomic E-state index is 0.0751. The molecule has 0 radical (unpaired) electrons. The van der Waals surface area contributed by atoms with Gasteiger partial charge in [-0.2, -0.15) is 0 Å². The molecular formula is C13H15N3O4S2. The van der Waals surface area contributed by atoms with E-state index in [1.54, 1.807) is 6.92 Å². The quantitative estimate of drug-likeness (QED) is 0.698. The molecule has 2 aromatic carbocycles. The van der Waals surface area contributed by atoms with Crippen LogP contribution in [0.5, 0.6) is 0 Å². The van der Waals surface area contributed by atoms with Gasteiger partial charge in [0.1, 0.15) is 4.90 Å². The molecule has 9 heteroatoms. The number of benzene rings is 2. The first-order chi connectivity index (χ1) is 10.0. The molecule has 0 fully saturated rings. The summed E-state index contributed by atoms with van der Waals surface area (Å²) in [6.45, 7) is 1.65. The number of rotatable bonds is 3. The van der Waals surface area contributed by atoms with Crippen molar-refractivity contribution < 1.29 is 16.8 Å². The highest BCUT2D eigenvalue weighted by Gasteiger charge is 2.26. The van der Waals surface area contributed by atoms with Crippen LogP contribution in [-0.4, -0.2) is 16.8 Å². The van der Waals surface area contributed by atoms with Crippen LogP contribution in [0.2, 0.25) is 0 Å². The number of anilines is 2. The molecule has 0 aliphatic heterocycles. The number of sulfone groups is 1. The predicted octanol–water partition coefficient (Wildman–Crippen LogP) is 0.640. The smallest absolute Gasteiger partial charge is 0.239 e. The van der Waals surface area contributed by atoms with Crippen molar-refractivity contribution >= 4 is 31.2 Å². The molecule has 2 aromatic rings. The van der Waals surface area contributed by atoms with Gasteiger partial charge in [0.25, 0.3) is 0 Å². The van der Waals surface area contributed by atoms with Crippen LogP contribution in [0.4, 0.5) is 11.4 Å². The fourth-order valence-corrected chi connectivity index (χ4v) is 4.64. The van der Waals surface area contributed by atoms with Crippen LogP contribution in [0.15, 0.2) is 51.1 Å². The number of hydrogen-bond acceptors (Lipinski definition) is 6. The lowest BCUT2D eigenvalue weighted by molar-refractivity contribution is 0.583. The molecule has 6 N–H and O–H groups in total. The lowest BCUT2D eigenvalue weighted by Crippen LogP contribution is -2.17. The van der Waals surface area contributed by atoms with Gasteiger partial charge in [0, 0.05) is 11.4 Å². The zero-order valence-corrected chi connectivity index (χ0v) is 13.3. The van der Waals surface area contributed by atoms with Gasteiger partial charge in [-0.1, -0.05) is 0 Å². The summed E-state index contributed by atoms with van der Waals surface area (Å²) in [7, 11) is -8.33. The third kappa shape index (κ3) is 2.91. The molecule has 7 nitrogen and oxygen atoms in total. The minimum Gasteiger partial charge on any atom is -0.399 e. The summed E-state index contributed by atoms with van der Waals surface area (Å²) in [4.78, 5) is -1.04. The van der Waals surface area contributed by atoms with Gasteiger partial charge >= 0.3 is 0 Å². The van der Waals surface area contributed by atoms with Gasteiger partial charge in [-0.05, 0) is 48.9 Å². The summed E-state index contributed by atoms with van der Waals surface area (Å²) < 4.78 is 48.6. The van der Waals surface area contributed by atoms with E-state index >= 15 is 0 Å². The maximum Gasteiger partial charge on any atom is 0.239 e. The SMILES string of the molecule is Cc1cc(S(=O)(=O)c2ccc(N)cc2S(N)(=O)=O)ccc1N. The van der Waals surface area contributed by atoms with Crippen LogP contribution in [0, 0.1) is 6.92 Å². The molecule has 0 saturated heterocycles. The van der Waals surface area contributed by atoms with Gasteiger partial charge in [-0.3, -0.25) is 0 Å². The molecule has 0 saturated carbocycles. The van der Waals surface area contributed by atoms with Crippen molar-refractivity contribution in [2.45, 2.75) is 21.6 Å². The molecule has 0 amide bonds. The third-order valence-corrected chi connectivity index (χ3v) is 6.00. The molecule has 0 aromatic heterocycles. The first-order valence-corrected chi connectivity index (χ1v) is 9.10. The summed E-state index contributed by atoms with van der Waals surface area (Å²) in [6.07, 6.45) is 0. The molecule has 0 bridgehead atoms. The van der Waals surface area contributed by atoms with E-state index in [0.29, 0.717) is 11.3 Å². The molecule has 118 valence electrons. The highest BCUT2D eigenvalue weighted by atomic mass is 32.2. The Bertz CT molecular complexity index is 951. The lowest BCUT2D eigenvalue weighted by atomic mass is 10.2. The Kier molecular flexibility index (Phi) is 3.90. The van der Waals surface area contributed by atoms with Crippen molar-refractivity contribution in [2.24, 2.45) is 5.14 Å². The Balaban J connectivity index is 2.77. The van der Waals surface area contributed by atoms with Gasteiger partial charge in [0.05, 0.1) is 9.79 Å². The number of hydrogen-bond donors (Lipinski definition) is 3. The molecule has 0 atom stereocenters. The number of primary sulfonamides is 1. The van der Waals surface area contributed by atoms with Crippen molar-refractivity contribution in [2.75, 3.05) is 11.5 Å². The van der Waals surface area contributed by atoms with Crippen LogP contribution in [0.1, 0.15) is 5.56 Å². The first kappa shape index (κ1) is 16.3. The van der Waals surface area contributed by atoms with Crippen LogP contribution >= 0.6 is 0 Å². The molecular weight excluding hydrogens is 326 g/mol. The first-order valence-electron chi connectivity index (χ1n) is 6.07. The Morgan fingerprint density at radius 2 is 1.50 bits per heavy atom. The molecule has 22 heavy (non-hydrogen) atoms. The summed E-state index contributed by atoms with van der Waals surface area (Å²) in [5.74, 6) is 0. The highest BCUT2D eigenvalue weighted by molar-refractivity contribution is 7.93. The molecule has 0 aliphatic rings. The van der Waals surface area contributed by atoms with Crippen molar-refractivity contribution in [1.29, 1.82) is 0 Å². The van der Waals surface area contributed by atoms with E-state index in [4.69, 9.17) is 16.6 Å². The maximum absolute atomic E-state index is 12.7. The summed E-state index contributed by atoms with van der Waals surface area (Å²) in [6, 6.07) is 7.55. The monoisotopic (exact) mass is 341 g/mol. The highest BCUT2D eigenvalue weighted by Crippen LogP contribution is 2.29. The zero-order valence-electron chi connectivity index (χ0n) is 11.6. The summed E-state index contributed by atoms with van der Waals surface area (Å²) >= 11 is 0. The van der Waals surface area contributed by atoms with Gasteiger partial charge < -0.3 is 11.5 Å². The van der Waals surface area contributed by atoms with E-state index in [9.17, 15) is 16.8 Å². The number of nitrogens with two attached hydrogens (primary N) is 3. The Hall–Kier alpha value is -2.10. The second kappa shape index (κ2) is 5.27.